The number of carbonyl (C=O) groups excluding carboxylic acids is 2. The molecule has 1 N–H and O–H groups in total. The van der Waals surface area contributed by atoms with Crippen LogP contribution in [0.25, 0.3) is 0 Å². The van der Waals surface area contributed by atoms with Gasteiger partial charge < -0.3 is 10.2 Å². The summed E-state index contributed by atoms with van der Waals surface area (Å²) >= 11 is 7.60. The third kappa shape index (κ3) is 5.60. The van der Waals surface area contributed by atoms with Gasteiger partial charge in [0.2, 0.25) is 5.91 Å². The molecular weight excluding hydrogens is 452 g/mol. The molecule has 2 atom stereocenters. The van der Waals surface area contributed by atoms with E-state index in [-0.39, 0.29) is 23.2 Å². The molecular formula is C27H27ClN2O2S. The first-order chi connectivity index (χ1) is 15.9. The number of nitrogens with one attached hydrogen (secondary N) is 1. The van der Waals surface area contributed by atoms with Crippen molar-refractivity contribution >= 4 is 35.2 Å². The van der Waals surface area contributed by atoms with Crippen LogP contribution in [0.5, 0.6) is 0 Å². The van der Waals surface area contributed by atoms with Crippen LogP contribution < -0.4 is 5.32 Å². The van der Waals surface area contributed by atoms with E-state index in [1.807, 2.05) is 53.4 Å². The Morgan fingerprint density at radius 2 is 1.73 bits per heavy atom. The standard InChI is InChI=1S/C27H27ClN2O2S/c1-3-24(20-8-4-18(2)5-9-20)29-26(32)21-10-12-22(13-11-21)27-30(25(31)17-33-27)16-19-6-14-23(28)15-7-19/h4-15,24,27H,3,16-17H2,1-2H3,(H,29,32)/t24-,27+/m1/s1. The number of halogens is 1. The summed E-state index contributed by atoms with van der Waals surface area (Å²) in [6.45, 7) is 4.65. The van der Waals surface area contributed by atoms with Crippen molar-refractivity contribution in [1.82, 2.24) is 10.2 Å². The molecule has 0 spiro atoms. The van der Waals surface area contributed by atoms with Gasteiger partial charge in [0, 0.05) is 17.1 Å². The average molecular weight is 479 g/mol. The van der Waals surface area contributed by atoms with E-state index >= 15 is 0 Å². The summed E-state index contributed by atoms with van der Waals surface area (Å²) in [5, 5.41) is 3.75. The quantitative estimate of drug-likeness (QED) is 0.433. The molecule has 0 unspecified atom stereocenters. The third-order valence-corrected chi connectivity index (χ3v) is 7.39. The zero-order chi connectivity index (χ0) is 23.4. The minimum atomic E-state index is -0.0952. The first kappa shape index (κ1) is 23.4. The molecule has 33 heavy (non-hydrogen) atoms. The van der Waals surface area contributed by atoms with Gasteiger partial charge in [-0.05, 0) is 54.3 Å². The summed E-state index contributed by atoms with van der Waals surface area (Å²) in [7, 11) is 0. The van der Waals surface area contributed by atoms with Crippen LogP contribution in [-0.2, 0) is 11.3 Å². The highest BCUT2D eigenvalue weighted by molar-refractivity contribution is 8.00. The number of hydrogen-bond acceptors (Lipinski definition) is 3. The molecule has 1 heterocycles. The Hall–Kier alpha value is -2.76. The molecule has 0 aromatic heterocycles. The highest BCUT2D eigenvalue weighted by Gasteiger charge is 2.32. The smallest absolute Gasteiger partial charge is 0.251 e. The van der Waals surface area contributed by atoms with Crippen LogP contribution >= 0.6 is 23.4 Å². The minimum Gasteiger partial charge on any atom is -0.345 e. The Bertz CT molecular complexity index is 1110. The molecule has 1 fully saturated rings. The normalized spacial score (nSPS) is 16.6. The maximum Gasteiger partial charge on any atom is 0.251 e. The van der Waals surface area contributed by atoms with Gasteiger partial charge in [0.05, 0.1) is 11.8 Å². The number of aryl methyl sites for hydroxylation is 1. The fourth-order valence-corrected chi connectivity index (χ4v) is 5.26. The molecule has 4 rings (SSSR count). The van der Waals surface area contributed by atoms with Gasteiger partial charge >= 0.3 is 0 Å². The molecule has 0 radical (unpaired) electrons. The molecule has 2 amide bonds. The second-order valence-electron chi connectivity index (χ2n) is 8.28. The van der Waals surface area contributed by atoms with Crippen molar-refractivity contribution in [2.75, 3.05) is 5.75 Å². The SMILES string of the molecule is CC[C@@H](NC(=O)c1ccc([C@@H]2SCC(=O)N2Cc2ccc(Cl)cc2)cc1)c1ccc(C)cc1. The molecule has 0 saturated carbocycles. The van der Waals surface area contributed by atoms with Gasteiger partial charge in [0.1, 0.15) is 5.37 Å². The summed E-state index contributed by atoms with van der Waals surface area (Å²) in [6, 6.07) is 23.4. The maximum atomic E-state index is 12.9. The van der Waals surface area contributed by atoms with Crippen LogP contribution in [0.2, 0.25) is 5.02 Å². The van der Waals surface area contributed by atoms with E-state index in [1.165, 1.54) is 5.56 Å². The monoisotopic (exact) mass is 478 g/mol. The van der Waals surface area contributed by atoms with Crippen LogP contribution in [0.1, 0.15) is 57.4 Å². The Kier molecular flexibility index (Phi) is 7.41. The molecule has 1 aliphatic heterocycles. The van der Waals surface area contributed by atoms with E-state index in [4.69, 9.17) is 11.6 Å². The molecule has 6 heteroatoms. The zero-order valence-electron chi connectivity index (χ0n) is 18.8. The Morgan fingerprint density at radius 3 is 2.36 bits per heavy atom. The minimum absolute atomic E-state index is 0.0318. The van der Waals surface area contributed by atoms with E-state index in [0.717, 1.165) is 23.1 Å². The Balaban J connectivity index is 1.45. The second-order valence-corrected chi connectivity index (χ2v) is 9.78. The molecule has 0 bridgehead atoms. The molecule has 170 valence electrons. The summed E-state index contributed by atoms with van der Waals surface area (Å²) in [6.07, 6.45) is 0.813. The van der Waals surface area contributed by atoms with Gasteiger partial charge in [0.25, 0.3) is 5.91 Å². The highest BCUT2D eigenvalue weighted by Crippen LogP contribution is 2.39. The first-order valence-electron chi connectivity index (χ1n) is 11.1. The lowest BCUT2D eigenvalue weighted by Crippen LogP contribution is -2.28. The van der Waals surface area contributed by atoms with E-state index in [2.05, 4.69) is 43.4 Å². The number of benzene rings is 3. The van der Waals surface area contributed by atoms with Crippen molar-refractivity contribution in [2.24, 2.45) is 0 Å². The van der Waals surface area contributed by atoms with Crippen molar-refractivity contribution in [2.45, 2.75) is 38.2 Å². The topological polar surface area (TPSA) is 49.4 Å². The third-order valence-electron chi connectivity index (χ3n) is 5.89. The van der Waals surface area contributed by atoms with Gasteiger partial charge in [-0.1, -0.05) is 72.6 Å². The van der Waals surface area contributed by atoms with Gasteiger partial charge in [-0.15, -0.1) is 11.8 Å². The molecule has 3 aromatic carbocycles. The number of thioether (sulfide) groups is 1. The number of hydrogen-bond donors (Lipinski definition) is 1. The molecule has 0 aliphatic carbocycles. The lowest BCUT2D eigenvalue weighted by atomic mass is 10.0. The van der Waals surface area contributed by atoms with Crippen LogP contribution in [0.15, 0.2) is 72.8 Å². The molecule has 1 aliphatic rings. The van der Waals surface area contributed by atoms with Gasteiger partial charge in [-0.2, -0.15) is 0 Å². The lowest BCUT2D eigenvalue weighted by molar-refractivity contribution is -0.128. The maximum absolute atomic E-state index is 12.9. The predicted molar refractivity (Wildman–Crippen MR) is 135 cm³/mol. The number of amides is 2. The molecule has 3 aromatic rings. The van der Waals surface area contributed by atoms with Gasteiger partial charge in [0.15, 0.2) is 0 Å². The van der Waals surface area contributed by atoms with Crippen LogP contribution in [0.4, 0.5) is 0 Å². The Labute approximate surface area is 204 Å². The van der Waals surface area contributed by atoms with E-state index in [9.17, 15) is 9.59 Å². The molecule has 1 saturated heterocycles. The fraction of sp³-hybridized carbons (Fsp3) is 0.259. The van der Waals surface area contributed by atoms with E-state index in [0.29, 0.717) is 22.9 Å². The predicted octanol–water partition coefficient (Wildman–Crippen LogP) is 6.30. The van der Waals surface area contributed by atoms with Crippen LogP contribution in [-0.4, -0.2) is 22.5 Å². The van der Waals surface area contributed by atoms with Crippen molar-refractivity contribution in [1.29, 1.82) is 0 Å². The van der Waals surface area contributed by atoms with Gasteiger partial charge in [-0.3, -0.25) is 9.59 Å². The average Bonchev–Trinajstić information content (AvgIpc) is 3.19. The zero-order valence-corrected chi connectivity index (χ0v) is 20.3. The number of carbonyl (C=O) groups is 2. The van der Waals surface area contributed by atoms with Crippen LogP contribution in [0, 0.1) is 6.92 Å². The fourth-order valence-electron chi connectivity index (χ4n) is 3.95. The number of nitrogens with zero attached hydrogens (tertiary/aromatic N) is 1. The molecule has 4 nitrogen and oxygen atoms in total. The lowest BCUT2D eigenvalue weighted by Gasteiger charge is -2.24. The Morgan fingerprint density at radius 1 is 1.06 bits per heavy atom. The van der Waals surface area contributed by atoms with E-state index in [1.54, 1.807) is 11.8 Å². The summed E-state index contributed by atoms with van der Waals surface area (Å²) in [5.41, 5.74) is 4.97. The van der Waals surface area contributed by atoms with Crippen molar-refractivity contribution < 1.29 is 9.59 Å². The second kappa shape index (κ2) is 10.4. The van der Waals surface area contributed by atoms with Crippen molar-refractivity contribution in [3.8, 4) is 0 Å². The summed E-state index contributed by atoms with van der Waals surface area (Å²) in [4.78, 5) is 27.3. The highest BCUT2D eigenvalue weighted by atomic mass is 35.5. The largest absolute Gasteiger partial charge is 0.345 e. The van der Waals surface area contributed by atoms with Crippen molar-refractivity contribution in [3.05, 3.63) is 106 Å². The van der Waals surface area contributed by atoms with Crippen LogP contribution in [0.3, 0.4) is 0 Å². The summed E-state index contributed by atoms with van der Waals surface area (Å²) in [5.74, 6) is 0.475. The van der Waals surface area contributed by atoms with E-state index < -0.39 is 0 Å². The number of rotatable bonds is 7. The van der Waals surface area contributed by atoms with Crippen molar-refractivity contribution in [3.63, 3.8) is 0 Å². The summed E-state index contributed by atoms with van der Waals surface area (Å²) < 4.78 is 0. The van der Waals surface area contributed by atoms with Gasteiger partial charge in [-0.25, -0.2) is 0 Å². The first-order valence-corrected chi connectivity index (χ1v) is 12.5.